The summed E-state index contributed by atoms with van der Waals surface area (Å²) in [5.41, 5.74) is 0.626. The zero-order valence-corrected chi connectivity index (χ0v) is 19.6. The summed E-state index contributed by atoms with van der Waals surface area (Å²) in [5, 5.41) is 0. The minimum atomic E-state index is -1.92. The van der Waals surface area contributed by atoms with E-state index in [1.165, 1.54) is 5.56 Å². The quantitative estimate of drug-likeness (QED) is 0.355. The third-order valence-electron chi connectivity index (χ3n) is 5.12. The van der Waals surface area contributed by atoms with E-state index in [1.54, 1.807) is 17.0 Å². The summed E-state index contributed by atoms with van der Waals surface area (Å²) < 4.78 is 10.7. The van der Waals surface area contributed by atoms with Gasteiger partial charge in [0.1, 0.15) is 11.4 Å². The van der Waals surface area contributed by atoms with Crippen molar-refractivity contribution >= 4 is 14.1 Å². The second-order valence-corrected chi connectivity index (χ2v) is 13.3. The number of nitrogens with zero attached hydrogens (tertiary/aromatic N) is 4. The second kappa shape index (κ2) is 9.10. The molecule has 1 atom stereocenters. The van der Waals surface area contributed by atoms with E-state index in [4.69, 9.17) is 4.43 Å². The van der Waals surface area contributed by atoms with Gasteiger partial charge in [0.25, 0.3) is 0 Å². The highest BCUT2D eigenvalue weighted by Crippen LogP contribution is 2.37. The molecule has 0 aliphatic carbocycles. The molecule has 160 valence electrons. The molecule has 2 aromatic heterocycles. The Labute approximate surface area is 180 Å². The molecular weight excluding hydrogens is 392 g/mol. The monoisotopic (exact) mass is 424 g/mol. The molecule has 0 aliphatic rings. The van der Waals surface area contributed by atoms with Crippen molar-refractivity contribution in [2.75, 3.05) is 0 Å². The van der Waals surface area contributed by atoms with Crippen molar-refractivity contribution in [3.8, 4) is 0 Å². The highest BCUT2D eigenvalue weighted by molar-refractivity contribution is 6.69. The van der Waals surface area contributed by atoms with Crippen LogP contribution in [0.2, 0.25) is 19.6 Å². The minimum Gasteiger partial charge on any atom is -0.405 e. The van der Waals surface area contributed by atoms with E-state index in [1.807, 2.05) is 37.1 Å². The molecule has 30 heavy (non-hydrogen) atoms. The van der Waals surface area contributed by atoms with E-state index < -0.39 is 13.9 Å². The number of imidazole rings is 2. The molecule has 1 unspecified atom stereocenters. The van der Waals surface area contributed by atoms with Crippen LogP contribution in [0.25, 0.3) is 0 Å². The Morgan fingerprint density at radius 2 is 1.70 bits per heavy atom. The minimum absolute atomic E-state index is 0.0592. The van der Waals surface area contributed by atoms with Gasteiger partial charge < -0.3 is 13.6 Å². The molecule has 0 fully saturated rings. The van der Waals surface area contributed by atoms with Crippen molar-refractivity contribution in [1.82, 2.24) is 19.1 Å². The molecule has 0 saturated carbocycles. The number of carbonyl (C=O) groups is 1. The number of rotatable bonds is 10. The molecular formula is C23H32N4O2Si. The van der Waals surface area contributed by atoms with E-state index in [0.29, 0.717) is 25.1 Å². The Morgan fingerprint density at radius 1 is 1.03 bits per heavy atom. The topological polar surface area (TPSA) is 61.9 Å². The number of benzene rings is 1. The summed E-state index contributed by atoms with van der Waals surface area (Å²) in [7, 11) is 1.94. The van der Waals surface area contributed by atoms with Gasteiger partial charge in [-0.25, -0.2) is 9.97 Å². The SMILES string of the molecule is Cn1ccnc1C(=O)CCCC(Cc1ccccc1)(O[Si](C)(C)C)c1nccn1C. The normalized spacial score (nSPS) is 13.9. The van der Waals surface area contributed by atoms with Crippen LogP contribution in [0, 0.1) is 0 Å². The predicted octanol–water partition coefficient (Wildman–Crippen LogP) is 4.50. The maximum absolute atomic E-state index is 12.7. The van der Waals surface area contributed by atoms with Crippen molar-refractivity contribution in [3.05, 3.63) is 72.3 Å². The van der Waals surface area contributed by atoms with Crippen LogP contribution in [0.3, 0.4) is 0 Å². The van der Waals surface area contributed by atoms with Crippen molar-refractivity contribution in [2.45, 2.75) is 50.9 Å². The maximum Gasteiger partial charge on any atom is 0.198 e. The summed E-state index contributed by atoms with van der Waals surface area (Å²) in [6.45, 7) is 6.61. The Balaban J connectivity index is 1.89. The lowest BCUT2D eigenvalue weighted by atomic mass is 9.88. The third-order valence-corrected chi connectivity index (χ3v) is 6.12. The van der Waals surface area contributed by atoms with Crippen LogP contribution in [0.4, 0.5) is 0 Å². The van der Waals surface area contributed by atoms with Crippen molar-refractivity contribution in [3.63, 3.8) is 0 Å². The molecule has 7 heteroatoms. The van der Waals surface area contributed by atoms with E-state index in [2.05, 4.69) is 53.9 Å². The fourth-order valence-electron chi connectivity index (χ4n) is 4.01. The standard InChI is InChI=1S/C23H32N4O2Si/c1-26-16-14-24-21(26)20(28)12-9-13-23(29-30(3,4)5,22-25-15-17-27(22)2)18-19-10-7-6-8-11-19/h6-8,10-11,14-17H,9,12-13,18H2,1-5H3. The van der Waals surface area contributed by atoms with Gasteiger partial charge >= 0.3 is 0 Å². The smallest absolute Gasteiger partial charge is 0.198 e. The van der Waals surface area contributed by atoms with Crippen LogP contribution in [-0.4, -0.2) is 33.2 Å². The Hall–Kier alpha value is -2.51. The fraction of sp³-hybridized carbons (Fsp3) is 0.435. The summed E-state index contributed by atoms with van der Waals surface area (Å²) in [6.07, 6.45) is 9.82. The van der Waals surface area contributed by atoms with E-state index >= 15 is 0 Å². The average molecular weight is 425 g/mol. The number of hydrogen-bond acceptors (Lipinski definition) is 4. The first kappa shape index (κ1) is 22.2. The molecule has 3 rings (SSSR count). The first-order valence-corrected chi connectivity index (χ1v) is 13.8. The van der Waals surface area contributed by atoms with E-state index in [-0.39, 0.29) is 5.78 Å². The Kier molecular flexibility index (Phi) is 6.73. The molecule has 3 aromatic rings. The van der Waals surface area contributed by atoms with Gasteiger partial charge in [-0.1, -0.05) is 30.3 Å². The van der Waals surface area contributed by atoms with Crippen LogP contribution in [0.5, 0.6) is 0 Å². The summed E-state index contributed by atoms with van der Waals surface area (Å²) >= 11 is 0. The maximum atomic E-state index is 12.7. The Bertz CT molecular complexity index is 975. The summed E-state index contributed by atoms with van der Waals surface area (Å²) in [5.74, 6) is 1.48. The van der Waals surface area contributed by atoms with Crippen molar-refractivity contribution < 1.29 is 9.22 Å². The van der Waals surface area contributed by atoms with Gasteiger partial charge in [0.2, 0.25) is 0 Å². The average Bonchev–Trinajstić information content (AvgIpc) is 3.29. The van der Waals surface area contributed by atoms with Crippen LogP contribution < -0.4 is 0 Å². The summed E-state index contributed by atoms with van der Waals surface area (Å²) in [6, 6.07) is 10.4. The highest BCUT2D eigenvalue weighted by atomic mass is 28.4. The lowest BCUT2D eigenvalue weighted by Crippen LogP contribution is -2.44. The molecule has 0 saturated heterocycles. The first-order chi connectivity index (χ1) is 14.2. The second-order valence-electron chi connectivity index (χ2n) is 8.87. The molecule has 0 bridgehead atoms. The van der Waals surface area contributed by atoms with E-state index in [0.717, 1.165) is 12.2 Å². The third kappa shape index (κ3) is 5.34. The van der Waals surface area contributed by atoms with Crippen LogP contribution in [0.15, 0.2) is 55.1 Å². The number of carbonyl (C=O) groups excluding carboxylic acids is 1. The molecule has 0 radical (unpaired) electrons. The lowest BCUT2D eigenvalue weighted by Gasteiger charge is -2.39. The molecule has 0 spiro atoms. The van der Waals surface area contributed by atoms with E-state index in [9.17, 15) is 4.79 Å². The molecule has 1 aromatic carbocycles. The van der Waals surface area contributed by atoms with Crippen LogP contribution >= 0.6 is 0 Å². The lowest BCUT2D eigenvalue weighted by molar-refractivity contribution is 0.0335. The van der Waals surface area contributed by atoms with Crippen molar-refractivity contribution in [2.24, 2.45) is 14.1 Å². The van der Waals surface area contributed by atoms with Gasteiger partial charge in [0.05, 0.1) is 0 Å². The molecule has 0 N–H and O–H groups in total. The number of Topliss-reactive ketones (excluding diaryl/α,β-unsaturated/α-hetero) is 1. The molecule has 0 amide bonds. The molecule has 2 heterocycles. The molecule has 6 nitrogen and oxygen atoms in total. The first-order valence-electron chi connectivity index (χ1n) is 10.4. The van der Waals surface area contributed by atoms with Gasteiger partial charge in [-0.2, -0.15) is 0 Å². The zero-order valence-electron chi connectivity index (χ0n) is 18.6. The zero-order chi connectivity index (χ0) is 21.8. The van der Waals surface area contributed by atoms with Gasteiger partial charge in [0, 0.05) is 51.7 Å². The van der Waals surface area contributed by atoms with Crippen LogP contribution in [0.1, 0.15) is 41.3 Å². The van der Waals surface area contributed by atoms with Gasteiger partial charge in [-0.15, -0.1) is 0 Å². The van der Waals surface area contributed by atoms with Gasteiger partial charge in [-0.05, 0) is 38.0 Å². The van der Waals surface area contributed by atoms with Crippen molar-refractivity contribution in [1.29, 1.82) is 0 Å². The van der Waals surface area contributed by atoms with Crippen LogP contribution in [-0.2, 0) is 30.5 Å². The number of aromatic nitrogens is 4. The predicted molar refractivity (Wildman–Crippen MR) is 121 cm³/mol. The highest BCUT2D eigenvalue weighted by Gasteiger charge is 2.40. The largest absolute Gasteiger partial charge is 0.405 e. The number of hydrogen-bond donors (Lipinski definition) is 0. The van der Waals surface area contributed by atoms with Gasteiger partial charge in [-0.3, -0.25) is 4.79 Å². The number of ketones is 1. The fourth-order valence-corrected chi connectivity index (χ4v) is 5.45. The summed E-state index contributed by atoms with van der Waals surface area (Å²) in [4.78, 5) is 21.6. The Morgan fingerprint density at radius 3 is 2.27 bits per heavy atom. The molecule has 0 aliphatic heterocycles. The van der Waals surface area contributed by atoms with Gasteiger partial charge in [0.15, 0.2) is 19.9 Å². The number of aryl methyl sites for hydroxylation is 2.